The maximum absolute atomic E-state index is 12.5. The summed E-state index contributed by atoms with van der Waals surface area (Å²) in [4.78, 5) is 31.7. The number of nitrogens with zero attached hydrogens (tertiary/aromatic N) is 4. The van der Waals surface area contributed by atoms with Gasteiger partial charge in [0.1, 0.15) is 17.6 Å². The van der Waals surface area contributed by atoms with E-state index in [9.17, 15) is 4.79 Å². The summed E-state index contributed by atoms with van der Waals surface area (Å²) in [6.07, 6.45) is 6.07. The van der Waals surface area contributed by atoms with Crippen LogP contribution in [-0.2, 0) is 0 Å². The van der Waals surface area contributed by atoms with Gasteiger partial charge < -0.3 is 9.72 Å². The Labute approximate surface area is 153 Å². The number of methoxy groups -OCH3 is 1. The second-order valence-electron chi connectivity index (χ2n) is 5.59. The molecule has 1 amide bonds. The van der Waals surface area contributed by atoms with Crippen LogP contribution in [0.15, 0.2) is 55.4 Å². The lowest BCUT2D eigenvalue weighted by Crippen LogP contribution is -2.30. The molecule has 0 aliphatic carbocycles. The van der Waals surface area contributed by atoms with Crippen LogP contribution in [0.5, 0.6) is 5.75 Å². The molecular weight excluding hydrogens is 346 g/mol. The molecule has 3 N–H and O–H groups in total. The van der Waals surface area contributed by atoms with E-state index in [4.69, 9.17) is 4.74 Å². The summed E-state index contributed by atoms with van der Waals surface area (Å²) in [6, 6.07) is 9.29. The van der Waals surface area contributed by atoms with E-state index in [1.807, 2.05) is 24.3 Å². The molecule has 0 unspecified atom stereocenters. The normalized spacial score (nSPS) is 10.6. The zero-order valence-electron chi connectivity index (χ0n) is 14.3. The third-order valence-corrected chi connectivity index (χ3v) is 3.94. The molecule has 4 rings (SSSR count). The van der Waals surface area contributed by atoms with Crippen molar-refractivity contribution in [1.29, 1.82) is 0 Å². The molecule has 0 atom stereocenters. The number of amides is 1. The second kappa shape index (κ2) is 7.08. The number of hydrogen-bond donors (Lipinski definition) is 3. The first-order chi connectivity index (χ1) is 13.2. The van der Waals surface area contributed by atoms with Gasteiger partial charge in [0.05, 0.1) is 19.0 Å². The van der Waals surface area contributed by atoms with Gasteiger partial charge in [0, 0.05) is 18.0 Å². The van der Waals surface area contributed by atoms with Crippen molar-refractivity contribution in [2.24, 2.45) is 0 Å². The number of ether oxygens (including phenoxy) is 1. The zero-order valence-corrected chi connectivity index (χ0v) is 14.3. The fraction of sp³-hybridized carbons (Fsp3) is 0.0556. The average molecular weight is 361 g/mol. The number of aromatic nitrogens is 5. The number of hydrogen-bond acceptors (Lipinski definition) is 7. The number of hydrazine groups is 1. The van der Waals surface area contributed by atoms with Crippen molar-refractivity contribution in [3.63, 3.8) is 0 Å². The molecule has 4 aromatic rings. The highest BCUT2D eigenvalue weighted by atomic mass is 16.5. The first-order valence-electron chi connectivity index (χ1n) is 8.04. The maximum Gasteiger partial charge on any atom is 0.271 e. The lowest BCUT2D eigenvalue weighted by Gasteiger charge is -2.09. The molecule has 0 spiro atoms. The van der Waals surface area contributed by atoms with Gasteiger partial charge in [-0.15, -0.1) is 0 Å². The van der Waals surface area contributed by atoms with Gasteiger partial charge >= 0.3 is 0 Å². The molecule has 9 nitrogen and oxygen atoms in total. The molecule has 3 heterocycles. The van der Waals surface area contributed by atoms with Gasteiger partial charge in [-0.25, -0.2) is 15.0 Å². The minimum Gasteiger partial charge on any atom is -0.497 e. The molecule has 27 heavy (non-hydrogen) atoms. The Bertz CT molecular complexity index is 1090. The molecule has 134 valence electrons. The molecule has 0 fully saturated rings. The van der Waals surface area contributed by atoms with Crippen molar-refractivity contribution < 1.29 is 9.53 Å². The van der Waals surface area contributed by atoms with E-state index in [2.05, 4.69) is 35.8 Å². The molecule has 0 aliphatic rings. The van der Waals surface area contributed by atoms with Crippen LogP contribution >= 0.6 is 0 Å². The monoisotopic (exact) mass is 361 g/mol. The quantitative estimate of drug-likeness (QED) is 0.466. The highest BCUT2D eigenvalue weighted by Crippen LogP contribution is 2.22. The Balaban J connectivity index is 1.51. The summed E-state index contributed by atoms with van der Waals surface area (Å²) in [5.74, 6) is 0.842. The molecule has 0 radical (unpaired) electrons. The van der Waals surface area contributed by atoms with Crippen LogP contribution < -0.4 is 15.6 Å². The summed E-state index contributed by atoms with van der Waals surface area (Å²) in [5.41, 5.74) is 8.65. The van der Waals surface area contributed by atoms with Crippen molar-refractivity contribution in [3.8, 4) is 16.9 Å². The summed E-state index contributed by atoms with van der Waals surface area (Å²) in [6.45, 7) is 0. The number of fused-ring (bicyclic) bond motifs is 1. The van der Waals surface area contributed by atoms with E-state index >= 15 is 0 Å². The van der Waals surface area contributed by atoms with Crippen molar-refractivity contribution in [3.05, 3.63) is 60.9 Å². The number of nitrogens with one attached hydrogen (secondary N) is 3. The summed E-state index contributed by atoms with van der Waals surface area (Å²) in [7, 11) is 1.61. The molecule has 0 aliphatic heterocycles. The smallest absolute Gasteiger partial charge is 0.271 e. The minimum absolute atomic E-state index is 0.343. The van der Waals surface area contributed by atoms with Gasteiger partial charge in [-0.2, -0.15) is 0 Å². The minimum atomic E-state index is -0.343. The van der Waals surface area contributed by atoms with Crippen LogP contribution in [0.25, 0.3) is 22.3 Å². The van der Waals surface area contributed by atoms with E-state index in [0.717, 1.165) is 16.9 Å². The number of imidazole rings is 1. The predicted octanol–water partition coefficient (Wildman–Crippen LogP) is 2.18. The van der Waals surface area contributed by atoms with Gasteiger partial charge in [-0.1, -0.05) is 12.1 Å². The number of aromatic amines is 1. The van der Waals surface area contributed by atoms with Crippen molar-refractivity contribution >= 4 is 22.9 Å². The van der Waals surface area contributed by atoms with Crippen molar-refractivity contribution in [2.45, 2.75) is 0 Å². The number of pyridine rings is 1. The fourth-order valence-electron chi connectivity index (χ4n) is 2.55. The van der Waals surface area contributed by atoms with Crippen molar-refractivity contribution in [1.82, 2.24) is 30.3 Å². The maximum atomic E-state index is 12.5. The molecule has 1 aromatic carbocycles. The molecule has 3 aromatic heterocycles. The standard InChI is InChI=1S/C18H15N7O2/c1-27-14-4-2-11(3-5-14)12-6-13(8-19-7-12)18(26)25-24-17-15-16(21-9-20-15)22-10-23-17/h2-10H,1H3,(H,25,26)(H2,20,21,22,23,24). The fourth-order valence-corrected chi connectivity index (χ4v) is 2.55. The van der Waals surface area contributed by atoms with Crippen LogP contribution in [-0.4, -0.2) is 37.9 Å². The highest BCUT2D eigenvalue weighted by Gasteiger charge is 2.10. The Hall–Kier alpha value is -4.01. The van der Waals surface area contributed by atoms with Crippen LogP contribution in [0.2, 0.25) is 0 Å². The van der Waals surface area contributed by atoms with E-state index in [0.29, 0.717) is 22.5 Å². The molecule has 0 bridgehead atoms. The van der Waals surface area contributed by atoms with E-state index in [1.165, 1.54) is 18.9 Å². The number of carbonyl (C=O) groups is 1. The molecular formula is C18H15N7O2. The number of anilines is 1. The number of carbonyl (C=O) groups excluding carboxylic acids is 1. The molecule has 9 heteroatoms. The topological polar surface area (TPSA) is 118 Å². The van der Waals surface area contributed by atoms with Crippen LogP contribution in [0.3, 0.4) is 0 Å². The second-order valence-corrected chi connectivity index (χ2v) is 5.59. The van der Waals surface area contributed by atoms with Gasteiger partial charge in [0.15, 0.2) is 11.5 Å². The first kappa shape index (κ1) is 16.5. The average Bonchev–Trinajstić information content (AvgIpc) is 3.21. The number of benzene rings is 1. The predicted molar refractivity (Wildman–Crippen MR) is 99.0 cm³/mol. The van der Waals surface area contributed by atoms with E-state index in [-0.39, 0.29) is 5.91 Å². The Morgan fingerprint density at radius 1 is 1.07 bits per heavy atom. The van der Waals surface area contributed by atoms with Gasteiger partial charge in [-0.3, -0.25) is 20.6 Å². The van der Waals surface area contributed by atoms with Crippen LogP contribution in [0.1, 0.15) is 10.4 Å². The van der Waals surface area contributed by atoms with Gasteiger partial charge in [-0.05, 0) is 23.8 Å². The Morgan fingerprint density at radius 2 is 1.93 bits per heavy atom. The zero-order chi connectivity index (χ0) is 18.6. The summed E-state index contributed by atoms with van der Waals surface area (Å²) >= 11 is 0. The van der Waals surface area contributed by atoms with Crippen LogP contribution in [0.4, 0.5) is 5.82 Å². The highest BCUT2D eigenvalue weighted by molar-refractivity contribution is 5.96. The number of rotatable bonds is 5. The van der Waals surface area contributed by atoms with Crippen LogP contribution in [0, 0.1) is 0 Å². The summed E-state index contributed by atoms with van der Waals surface area (Å²) < 4.78 is 5.16. The first-order valence-corrected chi connectivity index (χ1v) is 8.04. The third-order valence-electron chi connectivity index (χ3n) is 3.94. The number of H-pyrrole nitrogens is 1. The Morgan fingerprint density at radius 3 is 2.74 bits per heavy atom. The van der Waals surface area contributed by atoms with Crippen molar-refractivity contribution in [2.75, 3.05) is 12.5 Å². The van der Waals surface area contributed by atoms with Gasteiger partial charge in [0.25, 0.3) is 5.91 Å². The van der Waals surface area contributed by atoms with E-state index < -0.39 is 0 Å². The lowest BCUT2D eigenvalue weighted by molar-refractivity contribution is 0.0962. The largest absolute Gasteiger partial charge is 0.497 e. The van der Waals surface area contributed by atoms with E-state index in [1.54, 1.807) is 19.4 Å². The lowest BCUT2D eigenvalue weighted by atomic mass is 10.1. The third kappa shape index (κ3) is 3.38. The summed E-state index contributed by atoms with van der Waals surface area (Å²) in [5, 5.41) is 0. The Kier molecular flexibility index (Phi) is 4.32. The van der Waals surface area contributed by atoms with Gasteiger partial charge in [0.2, 0.25) is 0 Å². The molecule has 0 saturated carbocycles. The SMILES string of the molecule is COc1ccc(-c2cncc(C(=O)NNc3ncnc4nc[nH]c34)c2)cc1. The molecule has 0 saturated heterocycles.